The fourth-order valence-corrected chi connectivity index (χ4v) is 8.34. The van der Waals surface area contributed by atoms with E-state index in [1.165, 1.54) is 11.8 Å². The van der Waals surface area contributed by atoms with Gasteiger partial charge >= 0.3 is 0 Å². The quantitative estimate of drug-likeness (QED) is 0.0994. The first-order valence-corrected chi connectivity index (χ1v) is 19.3. The summed E-state index contributed by atoms with van der Waals surface area (Å²) < 4.78 is 32.9. The van der Waals surface area contributed by atoms with Crippen molar-refractivity contribution in [3.63, 3.8) is 0 Å². The summed E-state index contributed by atoms with van der Waals surface area (Å²) in [4.78, 5) is 14.4. The second kappa shape index (κ2) is 16.0. The minimum atomic E-state index is -0.633. The number of benzene rings is 4. The number of thioether (sulfide) groups is 1. The molecule has 1 aromatic heterocycles. The molecule has 0 bridgehead atoms. The number of fused-ring (bicyclic) bond motifs is 3. The van der Waals surface area contributed by atoms with E-state index in [1.54, 1.807) is 27.4 Å². The van der Waals surface area contributed by atoms with Crippen LogP contribution in [0, 0.1) is 17.1 Å². The van der Waals surface area contributed by atoms with E-state index in [2.05, 4.69) is 28.2 Å². The van der Waals surface area contributed by atoms with Gasteiger partial charge in [-0.3, -0.25) is 4.90 Å². The second-order valence-corrected chi connectivity index (χ2v) is 14.6. The highest BCUT2D eigenvalue weighted by Crippen LogP contribution is 2.50. The van der Waals surface area contributed by atoms with Crippen LogP contribution in [0.1, 0.15) is 57.5 Å². The minimum Gasteiger partial charge on any atom is -0.497 e. The molecule has 0 amide bonds. The van der Waals surface area contributed by atoms with Crippen molar-refractivity contribution < 1.29 is 18.6 Å². The van der Waals surface area contributed by atoms with Crippen LogP contribution in [0.3, 0.4) is 0 Å². The number of hydrogen-bond acceptors (Lipinski definition) is 10. The first kappa shape index (κ1) is 37.0. The second-order valence-electron chi connectivity index (χ2n) is 13.9. The summed E-state index contributed by atoms with van der Waals surface area (Å²) in [6.45, 7) is 2.06. The lowest BCUT2D eigenvalue weighted by molar-refractivity contribution is 0.0717. The smallest absolute Gasteiger partial charge is 0.189 e. The highest BCUT2D eigenvalue weighted by molar-refractivity contribution is 7.98. The van der Waals surface area contributed by atoms with Crippen LogP contribution >= 0.6 is 11.8 Å². The summed E-state index contributed by atoms with van der Waals surface area (Å²) in [6.07, 6.45) is 4.67. The Morgan fingerprint density at radius 3 is 1.98 bits per heavy atom. The fourth-order valence-electron chi connectivity index (χ4n) is 7.96. The molecule has 0 radical (unpaired) electrons. The number of methoxy groups -OCH3 is 3. The van der Waals surface area contributed by atoms with Gasteiger partial charge in [-0.05, 0) is 103 Å². The number of anilines is 2. The van der Waals surface area contributed by atoms with Crippen molar-refractivity contribution in [2.45, 2.75) is 62.6 Å². The SMILES string of the molecule is COc1ccc(CNc2nc(SC)nc3c2CN(C)C2(CCCc4c(F)cc(N(Cc5ccc(OC)cc5)Cc5ccc(OC)cc5)c(C#N)c42)C3)cc1. The lowest BCUT2D eigenvalue weighted by Crippen LogP contribution is -2.51. The number of nitriles is 1. The van der Waals surface area contributed by atoms with Gasteiger partial charge in [0.25, 0.3) is 0 Å². The molecule has 5 aromatic rings. The summed E-state index contributed by atoms with van der Waals surface area (Å²) in [5.41, 5.74) is 6.96. The molecule has 2 aliphatic rings. The predicted molar refractivity (Wildman–Crippen MR) is 211 cm³/mol. The number of aromatic nitrogens is 2. The Bertz CT molecular complexity index is 2110. The van der Waals surface area contributed by atoms with Crippen LogP contribution in [-0.2, 0) is 44.6 Å². The lowest BCUT2D eigenvalue weighted by Gasteiger charge is -2.50. The Hall–Kier alpha value is -5.31. The van der Waals surface area contributed by atoms with Gasteiger partial charge in [-0.25, -0.2) is 14.4 Å². The zero-order valence-electron chi connectivity index (χ0n) is 31.4. The molecule has 1 aliphatic heterocycles. The molecule has 54 heavy (non-hydrogen) atoms. The van der Waals surface area contributed by atoms with Crippen molar-refractivity contribution in [2.24, 2.45) is 0 Å². The highest BCUT2D eigenvalue weighted by atomic mass is 32.2. The number of halogens is 1. The Balaban J connectivity index is 1.30. The lowest BCUT2D eigenvalue weighted by atomic mass is 9.68. The molecule has 1 spiro atoms. The third-order valence-electron chi connectivity index (χ3n) is 10.8. The van der Waals surface area contributed by atoms with Gasteiger partial charge in [-0.15, -0.1) is 0 Å². The van der Waals surface area contributed by atoms with Crippen LogP contribution < -0.4 is 24.4 Å². The number of likely N-dealkylation sites (N-methyl/N-ethyl adjacent to an activating group) is 1. The third kappa shape index (κ3) is 7.28. The molecular formula is C43H45FN6O3S. The van der Waals surface area contributed by atoms with Gasteiger partial charge in [0.05, 0.1) is 43.8 Å². The molecule has 2 heterocycles. The topological polar surface area (TPSA) is 95.8 Å². The summed E-state index contributed by atoms with van der Waals surface area (Å²) in [5, 5.41) is 15.4. The average Bonchev–Trinajstić information content (AvgIpc) is 3.21. The van der Waals surface area contributed by atoms with Gasteiger partial charge in [-0.1, -0.05) is 48.2 Å². The maximum atomic E-state index is 16.7. The van der Waals surface area contributed by atoms with Crippen molar-refractivity contribution in [1.29, 1.82) is 5.26 Å². The molecule has 278 valence electrons. The van der Waals surface area contributed by atoms with E-state index in [0.717, 1.165) is 69.4 Å². The third-order valence-corrected chi connectivity index (χ3v) is 11.4. The molecule has 0 saturated carbocycles. The van der Waals surface area contributed by atoms with Crippen LogP contribution in [0.5, 0.6) is 17.2 Å². The summed E-state index contributed by atoms with van der Waals surface area (Å²) >= 11 is 1.50. The van der Waals surface area contributed by atoms with Crippen LogP contribution in [0.15, 0.2) is 84.0 Å². The summed E-state index contributed by atoms with van der Waals surface area (Å²) in [7, 11) is 7.04. The first-order chi connectivity index (χ1) is 26.3. The van der Waals surface area contributed by atoms with E-state index in [4.69, 9.17) is 24.2 Å². The number of nitrogens with zero attached hydrogens (tertiary/aromatic N) is 5. The Morgan fingerprint density at radius 2 is 1.44 bits per heavy atom. The summed E-state index contributed by atoms with van der Waals surface area (Å²) in [6, 6.07) is 27.9. The van der Waals surface area contributed by atoms with Crippen LogP contribution in [0.25, 0.3) is 0 Å². The zero-order chi connectivity index (χ0) is 37.8. The number of hydrogen-bond donors (Lipinski definition) is 1. The van der Waals surface area contributed by atoms with Gasteiger partial charge in [0.15, 0.2) is 5.16 Å². The molecule has 4 aromatic carbocycles. The van der Waals surface area contributed by atoms with E-state index in [-0.39, 0.29) is 5.82 Å². The normalized spacial score (nSPS) is 16.2. The molecule has 9 nitrogen and oxygen atoms in total. The molecule has 0 fully saturated rings. The predicted octanol–water partition coefficient (Wildman–Crippen LogP) is 8.27. The van der Waals surface area contributed by atoms with Gasteiger partial charge in [0.1, 0.15) is 35.0 Å². The van der Waals surface area contributed by atoms with E-state index in [1.807, 2.05) is 79.1 Å². The van der Waals surface area contributed by atoms with Crippen molar-refractivity contribution in [2.75, 3.05) is 44.8 Å². The van der Waals surface area contributed by atoms with Crippen LogP contribution in [0.2, 0.25) is 0 Å². The van der Waals surface area contributed by atoms with Crippen LogP contribution in [0.4, 0.5) is 15.9 Å². The number of rotatable bonds is 12. The van der Waals surface area contributed by atoms with E-state index < -0.39 is 5.54 Å². The van der Waals surface area contributed by atoms with Gasteiger partial charge in [0.2, 0.25) is 0 Å². The van der Waals surface area contributed by atoms with Crippen molar-refractivity contribution in [3.8, 4) is 23.3 Å². The fraction of sp³-hybridized carbons (Fsp3) is 0.326. The van der Waals surface area contributed by atoms with Gasteiger partial charge in [-0.2, -0.15) is 5.26 Å². The number of ether oxygens (including phenoxy) is 3. The Labute approximate surface area is 321 Å². The van der Waals surface area contributed by atoms with Gasteiger partial charge < -0.3 is 24.4 Å². The van der Waals surface area contributed by atoms with Crippen molar-refractivity contribution >= 4 is 23.3 Å². The molecule has 0 saturated heterocycles. The van der Waals surface area contributed by atoms with E-state index in [0.29, 0.717) is 61.0 Å². The van der Waals surface area contributed by atoms with E-state index in [9.17, 15) is 5.26 Å². The standard InChI is InChI=1S/C43H45FN6O3S/c1-49-27-36-38(47-42(54-5)48-41(36)46-24-28-8-14-31(51-2)15-9-28)22-43(49)20-6-7-34-37(44)21-39(35(23-45)40(34)43)50(25-29-10-16-32(52-3)17-11-29)26-30-12-18-33(53-4)19-13-30/h8-19,21H,6-7,20,22,24-27H2,1-5H3,(H,46,47,48). The molecule has 11 heteroatoms. The van der Waals surface area contributed by atoms with Crippen LogP contribution in [-0.4, -0.2) is 49.5 Å². The maximum absolute atomic E-state index is 16.7. The zero-order valence-corrected chi connectivity index (χ0v) is 32.2. The van der Waals surface area contributed by atoms with Gasteiger partial charge in [0, 0.05) is 38.2 Å². The minimum absolute atomic E-state index is 0.277. The van der Waals surface area contributed by atoms with Crippen molar-refractivity contribution in [1.82, 2.24) is 14.9 Å². The monoisotopic (exact) mass is 744 g/mol. The first-order valence-electron chi connectivity index (χ1n) is 18.1. The Kier molecular flexibility index (Phi) is 10.9. The largest absolute Gasteiger partial charge is 0.497 e. The number of nitrogens with one attached hydrogen (secondary N) is 1. The molecule has 1 N–H and O–H groups in total. The molecular weight excluding hydrogens is 700 g/mol. The molecule has 7 rings (SSSR count). The molecule has 1 atom stereocenters. The average molecular weight is 745 g/mol. The molecule has 1 unspecified atom stereocenters. The Morgan fingerprint density at radius 1 is 0.870 bits per heavy atom. The molecule has 1 aliphatic carbocycles. The summed E-state index contributed by atoms with van der Waals surface area (Å²) in [5.74, 6) is 2.84. The van der Waals surface area contributed by atoms with E-state index >= 15 is 4.39 Å². The highest BCUT2D eigenvalue weighted by Gasteiger charge is 2.47. The van der Waals surface area contributed by atoms with Crippen molar-refractivity contribution in [3.05, 3.63) is 129 Å². The maximum Gasteiger partial charge on any atom is 0.189 e.